The zero-order valence-corrected chi connectivity index (χ0v) is 15.6. The highest BCUT2D eigenvalue weighted by Crippen LogP contribution is 2.27. The molecule has 24 heavy (non-hydrogen) atoms. The number of morpholine rings is 1. The van der Waals surface area contributed by atoms with Crippen molar-refractivity contribution in [3.8, 4) is 0 Å². The molecule has 0 unspecified atom stereocenters. The third-order valence-corrected chi connectivity index (χ3v) is 5.17. The standard InChI is InChI=1S/C18H26N4OS/c1-14(2)12-22-17(21-8-10-23-11-9-21)19-20-18(22)24-13-16-7-5-4-6-15(16)3/h4-7,14H,8-13H2,1-3H3. The number of aromatic nitrogens is 3. The summed E-state index contributed by atoms with van der Waals surface area (Å²) in [7, 11) is 0. The second kappa shape index (κ2) is 8.03. The summed E-state index contributed by atoms with van der Waals surface area (Å²) in [5.74, 6) is 2.46. The lowest BCUT2D eigenvalue weighted by atomic mass is 10.1. The van der Waals surface area contributed by atoms with Crippen LogP contribution in [0.15, 0.2) is 29.4 Å². The molecular weight excluding hydrogens is 320 g/mol. The van der Waals surface area contributed by atoms with E-state index >= 15 is 0 Å². The van der Waals surface area contributed by atoms with E-state index in [1.54, 1.807) is 11.8 Å². The van der Waals surface area contributed by atoms with Crippen molar-refractivity contribution in [2.45, 2.75) is 38.2 Å². The third-order valence-electron chi connectivity index (χ3n) is 4.16. The summed E-state index contributed by atoms with van der Waals surface area (Å²) in [6.45, 7) is 10.9. The van der Waals surface area contributed by atoms with E-state index in [4.69, 9.17) is 4.74 Å². The van der Waals surface area contributed by atoms with Crippen molar-refractivity contribution in [2.24, 2.45) is 5.92 Å². The molecule has 5 nitrogen and oxygen atoms in total. The largest absolute Gasteiger partial charge is 0.378 e. The number of aryl methyl sites for hydroxylation is 1. The lowest BCUT2D eigenvalue weighted by Gasteiger charge is -2.28. The summed E-state index contributed by atoms with van der Waals surface area (Å²) in [6, 6.07) is 8.53. The van der Waals surface area contributed by atoms with E-state index in [-0.39, 0.29) is 0 Å². The van der Waals surface area contributed by atoms with Crippen LogP contribution in [-0.2, 0) is 17.0 Å². The van der Waals surface area contributed by atoms with Gasteiger partial charge in [-0.15, -0.1) is 10.2 Å². The van der Waals surface area contributed by atoms with Gasteiger partial charge in [-0.3, -0.25) is 4.57 Å². The van der Waals surface area contributed by atoms with Gasteiger partial charge < -0.3 is 9.64 Å². The van der Waals surface area contributed by atoms with Gasteiger partial charge in [0.25, 0.3) is 0 Å². The van der Waals surface area contributed by atoms with E-state index in [0.717, 1.165) is 49.7 Å². The van der Waals surface area contributed by atoms with Gasteiger partial charge in [0.15, 0.2) is 5.16 Å². The van der Waals surface area contributed by atoms with E-state index in [9.17, 15) is 0 Å². The average Bonchev–Trinajstić information content (AvgIpc) is 2.97. The Morgan fingerprint density at radius 3 is 2.62 bits per heavy atom. The van der Waals surface area contributed by atoms with Gasteiger partial charge in [0.1, 0.15) is 0 Å². The van der Waals surface area contributed by atoms with Crippen molar-refractivity contribution in [3.63, 3.8) is 0 Å². The van der Waals surface area contributed by atoms with Crippen LogP contribution in [0.4, 0.5) is 5.95 Å². The zero-order chi connectivity index (χ0) is 16.9. The topological polar surface area (TPSA) is 43.2 Å². The Morgan fingerprint density at radius 2 is 1.92 bits per heavy atom. The Bertz CT molecular complexity index is 665. The Hall–Kier alpha value is -1.53. The number of hydrogen-bond acceptors (Lipinski definition) is 5. The Labute approximate surface area is 148 Å². The molecule has 1 fully saturated rings. The van der Waals surface area contributed by atoms with Crippen LogP contribution in [0.3, 0.4) is 0 Å². The van der Waals surface area contributed by atoms with Gasteiger partial charge >= 0.3 is 0 Å². The van der Waals surface area contributed by atoms with Crippen LogP contribution in [0, 0.1) is 12.8 Å². The van der Waals surface area contributed by atoms with Crippen LogP contribution in [0.25, 0.3) is 0 Å². The highest BCUT2D eigenvalue weighted by molar-refractivity contribution is 7.98. The highest BCUT2D eigenvalue weighted by Gasteiger charge is 2.21. The molecule has 2 aromatic rings. The van der Waals surface area contributed by atoms with E-state index in [0.29, 0.717) is 5.92 Å². The first kappa shape index (κ1) is 17.3. The first-order valence-corrected chi connectivity index (χ1v) is 9.57. The Morgan fingerprint density at radius 1 is 1.17 bits per heavy atom. The molecule has 130 valence electrons. The second-order valence-electron chi connectivity index (χ2n) is 6.60. The quantitative estimate of drug-likeness (QED) is 0.750. The summed E-state index contributed by atoms with van der Waals surface area (Å²) in [4.78, 5) is 2.29. The predicted octanol–water partition coefficient (Wildman–Crippen LogP) is 3.37. The van der Waals surface area contributed by atoms with Crippen LogP contribution >= 0.6 is 11.8 Å². The molecule has 1 aliphatic rings. The molecule has 2 heterocycles. The monoisotopic (exact) mass is 346 g/mol. The van der Waals surface area contributed by atoms with Crippen molar-refractivity contribution in [1.29, 1.82) is 0 Å². The molecule has 1 aromatic heterocycles. The molecule has 0 spiro atoms. The maximum absolute atomic E-state index is 5.46. The summed E-state index contributed by atoms with van der Waals surface area (Å²) < 4.78 is 7.74. The van der Waals surface area contributed by atoms with Gasteiger partial charge in [-0.1, -0.05) is 49.9 Å². The zero-order valence-electron chi connectivity index (χ0n) is 14.7. The molecule has 6 heteroatoms. The van der Waals surface area contributed by atoms with Crippen LogP contribution in [-0.4, -0.2) is 41.1 Å². The number of anilines is 1. The number of benzene rings is 1. The van der Waals surface area contributed by atoms with Crippen molar-refractivity contribution in [3.05, 3.63) is 35.4 Å². The number of thioether (sulfide) groups is 1. The molecule has 0 amide bonds. The lowest BCUT2D eigenvalue weighted by molar-refractivity contribution is 0.121. The van der Waals surface area contributed by atoms with Gasteiger partial charge in [-0.25, -0.2) is 0 Å². The fraction of sp³-hybridized carbons (Fsp3) is 0.556. The molecule has 0 atom stereocenters. The molecule has 3 rings (SSSR count). The molecule has 0 N–H and O–H groups in total. The normalized spacial score (nSPS) is 15.2. The van der Waals surface area contributed by atoms with Crippen molar-refractivity contribution in [2.75, 3.05) is 31.2 Å². The van der Waals surface area contributed by atoms with E-state index < -0.39 is 0 Å². The molecule has 0 radical (unpaired) electrons. The van der Waals surface area contributed by atoms with Crippen molar-refractivity contribution in [1.82, 2.24) is 14.8 Å². The molecule has 0 bridgehead atoms. The minimum Gasteiger partial charge on any atom is -0.378 e. The number of hydrogen-bond donors (Lipinski definition) is 0. The van der Waals surface area contributed by atoms with Gasteiger partial charge in [0.2, 0.25) is 5.95 Å². The molecule has 1 saturated heterocycles. The molecule has 1 aliphatic heterocycles. The third kappa shape index (κ3) is 4.11. The number of nitrogens with zero attached hydrogens (tertiary/aromatic N) is 4. The maximum atomic E-state index is 5.46. The van der Waals surface area contributed by atoms with E-state index in [1.165, 1.54) is 11.1 Å². The van der Waals surface area contributed by atoms with Crippen LogP contribution in [0.1, 0.15) is 25.0 Å². The second-order valence-corrected chi connectivity index (χ2v) is 7.54. The predicted molar refractivity (Wildman–Crippen MR) is 98.6 cm³/mol. The van der Waals surface area contributed by atoms with Gasteiger partial charge in [-0.05, 0) is 24.0 Å². The summed E-state index contributed by atoms with van der Waals surface area (Å²) >= 11 is 1.77. The first-order valence-electron chi connectivity index (χ1n) is 8.58. The smallest absolute Gasteiger partial charge is 0.228 e. The van der Waals surface area contributed by atoms with Crippen LogP contribution in [0.5, 0.6) is 0 Å². The SMILES string of the molecule is Cc1ccccc1CSc1nnc(N2CCOCC2)n1CC(C)C. The minimum atomic E-state index is 0.554. The van der Waals surface area contributed by atoms with E-state index in [1.807, 2.05) is 0 Å². The van der Waals surface area contributed by atoms with Crippen molar-refractivity contribution >= 4 is 17.7 Å². The number of ether oxygens (including phenoxy) is 1. The minimum absolute atomic E-state index is 0.554. The molecule has 0 aliphatic carbocycles. The van der Waals surface area contributed by atoms with E-state index in [2.05, 4.69) is 64.7 Å². The summed E-state index contributed by atoms with van der Waals surface area (Å²) in [5.41, 5.74) is 2.68. The fourth-order valence-electron chi connectivity index (χ4n) is 2.82. The van der Waals surface area contributed by atoms with Gasteiger partial charge in [0, 0.05) is 25.4 Å². The lowest BCUT2D eigenvalue weighted by Crippen LogP contribution is -2.38. The highest BCUT2D eigenvalue weighted by atomic mass is 32.2. The summed E-state index contributed by atoms with van der Waals surface area (Å²) in [6.07, 6.45) is 0. The molecular formula is C18H26N4OS. The Kier molecular flexibility index (Phi) is 5.79. The average molecular weight is 347 g/mol. The van der Waals surface area contributed by atoms with Crippen molar-refractivity contribution < 1.29 is 4.74 Å². The summed E-state index contributed by atoms with van der Waals surface area (Å²) in [5, 5.41) is 9.98. The molecule has 0 saturated carbocycles. The van der Waals surface area contributed by atoms with Crippen LogP contribution < -0.4 is 4.90 Å². The Balaban J connectivity index is 1.79. The number of rotatable bonds is 6. The van der Waals surface area contributed by atoms with Crippen LogP contribution in [0.2, 0.25) is 0 Å². The maximum Gasteiger partial charge on any atom is 0.228 e. The van der Waals surface area contributed by atoms with Gasteiger partial charge in [-0.2, -0.15) is 0 Å². The van der Waals surface area contributed by atoms with Gasteiger partial charge in [0.05, 0.1) is 13.2 Å². The fourth-order valence-corrected chi connectivity index (χ4v) is 3.84. The first-order chi connectivity index (χ1) is 11.6. The molecule has 1 aromatic carbocycles.